The molecule has 0 atom stereocenters. The first kappa shape index (κ1) is 12.5. The van der Waals surface area contributed by atoms with Crippen LogP contribution in [0.3, 0.4) is 0 Å². The molecule has 1 amide bonds. The Morgan fingerprint density at radius 3 is 2.62 bits per heavy atom. The smallest absolute Gasteiger partial charge is 0.242 e. The number of benzene rings is 1. The van der Waals surface area contributed by atoms with Crippen molar-refractivity contribution in [3.05, 3.63) is 30.3 Å². The maximum atomic E-state index is 10.7. The average molecular weight is 223 g/mol. The van der Waals surface area contributed by atoms with Crippen molar-refractivity contribution < 1.29 is 14.7 Å². The number of para-hydroxylation sites is 1. The molecular weight excluding hydrogens is 206 g/mol. The average Bonchev–Trinajstić information content (AvgIpc) is 2.29. The van der Waals surface area contributed by atoms with Crippen LogP contribution in [-0.2, 0) is 4.79 Å². The van der Waals surface area contributed by atoms with Crippen LogP contribution >= 0.6 is 0 Å². The molecule has 0 aromatic heterocycles. The molecule has 0 aliphatic heterocycles. The van der Waals surface area contributed by atoms with Gasteiger partial charge in [0.15, 0.2) is 0 Å². The fraction of sp³-hybridized carbons (Fsp3) is 0.417. The van der Waals surface area contributed by atoms with Crippen LogP contribution < -0.4 is 4.74 Å². The largest absolute Gasteiger partial charge is 0.494 e. The van der Waals surface area contributed by atoms with Crippen molar-refractivity contribution in [1.29, 1.82) is 0 Å². The summed E-state index contributed by atoms with van der Waals surface area (Å²) in [6.07, 6.45) is 1.53. The van der Waals surface area contributed by atoms with Crippen molar-refractivity contribution in [3.8, 4) is 5.75 Å². The van der Waals surface area contributed by atoms with Gasteiger partial charge in [-0.15, -0.1) is 0 Å². The van der Waals surface area contributed by atoms with E-state index in [2.05, 4.69) is 0 Å². The van der Waals surface area contributed by atoms with Crippen LogP contribution in [0.5, 0.6) is 5.75 Å². The Kier molecular flexibility index (Phi) is 5.36. The molecule has 1 aromatic carbocycles. The second kappa shape index (κ2) is 6.85. The SMILES string of the molecule is CC(=O)N(O)CCCCOc1ccccc1. The molecule has 0 unspecified atom stereocenters. The topological polar surface area (TPSA) is 49.8 Å². The monoisotopic (exact) mass is 223 g/mol. The minimum Gasteiger partial charge on any atom is -0.494 e. The van der Waals surface area contributed by atoms with Crippen molar-refractivity contribution in [2.45, 2.75) is 19.8 Å². The predicted octanol–water partition coefficient (Wildman–Crippen LogP) is 2.08. The Morgan fingerprint density at radius 1 is 1.31 bits per heavy atom. The summed E-state index contributed by atoms with van der Waals surface area (Å²) in [4.78, 5) is 10.7. The summed E-state index contributed by atoms with van der Waals surface area (Å²) in [6, 6.07) is 9.56. The van der Waals surface area contributed by atoms with Gasteiger partial charge in [-0.25, -0.2) is 5.06 Å². The normalized spacial score (nSPS) is 9.88. The van der Waals surface area contributed by atoms with Crippen LogP contribution in [0, 0.1) is 0 Å². The number of amides is 1. The highest BCUT2D eigenvalue weighted by Crippen LogP contribution is 2.08. The van der Waals surface area contributed by atoms with E-state index in [9.17, 15) is 4.79 Å². The lowest BCUT2D eigenvalue weighted by atomic mass is 10.3. The number of ether oxygens (including phenoxy) is 1. The van der Waals surface area contributed by atoms with Crippen molar-refractivity contribution in [2.24, 2.45) is 0 Å². The third-order valence-electron chi connectivity index (χ3n) is 2.14. The van der Waals surface area contributed by atoms with Gasteiger partial charge in [-0.3, -0.25) is 10.0 Å². The number of unbranched alkanes of at least 4 members (excludes halogenated alkanes) is 1. The van der Waals surface area contributed by atoms with Gasteiger partial charge in [0.1, 0.15) is 5.75 Å². The second-order valence-corrected chi connectivity index (χ2v) is 3.51. The van der Waals surface area contributed by atoms with Gasteiger partial charge in [-0.1, -0.05) is 18.2 Å². The minimum absolute atomic E-state index is 0.330. The summed E-state index contributed by atoms with van der Waals surface area (Å²) in [5.74, 6) is 0.513. The first-order chi connectivity index (χ1) is 7.70. The lowest BCUT2D eigenvalue weighted by Crippen LogP contribution is -2.25. The summed E-state index contributed by atoms with van der Waals surface area (Å²) >= 11 is 0. The van der Waals surface area contributed by atoms with Crippen LogP contribution in [0.2, 0.25) is 0 Å². The molecular formula is C12H17NO3. The van der Waals surface area contributed by atoms with E-state index < -0.39 is 0 Å². The third-order valence-corrected chi connectivity index (χ3v) is 2.14. The van der Waals surface area contributed by atoms with Gasteiger partial charge in [-0.05, 0) is 25.0 Å². The lowest BCUT2D eigenvalue weighted by Gasteiger charge is -2.12. The van der Waals surface area contributed by atoms with E-state index >= 15 is 0 Å². The van der Waals surface area contributed by atoms with Gasteiger partial charge < -0.3 is 4.74 Å². The van der Waals surface area contributed by atoms with E-state index in [0.29, 0.717) is 13.2 Å². The first-order valence-electron chi connectivity index (χ1n) is 5.35. The van der Waals surface area contributed by atoms with Crippen molar-refractivity contribution >= 4 is 5.91 Å². The van der Waals surface area contributed by atoms with Crippen LogP contribution in [0.15, 0.2) is 30.3 Å². The number of hydrogen-bond donors (Lipinski definition) is 1. The number of carbonyl (C=O) groups is 1. The predicted molar refractivity (Wildman–Crippen MR) is 60.3 cm³/mol. The molecule has 88 valence electrons. The third kappa shape index (κ3) is 4.79. The second-order valence-electron chi connectivity index (χ2n) is 3.51. The summed E-state index contributed by atoms with van der Waals surface area (Å²) in [7, 11) is 0. The Labute approximate surface area is 95.4 Å². The van der Waals surface area contributed by atoms with Gasteiger partial charge >= 0.3 is 0 Å². The van der Waals surface area contributed by atoms with Gasteiger partial charge in [0.05, 0.1) is 6.61 Å². The van der Waals surface area contributed by atoms with Crippen LogP contribution in [0.1, 0.15) is 19.8 Å². The fourth-order valence-electron chi connectivity index (χ4n) is 1.23. The molecule has 0 saturated heterocycles. The molecule has 0 heterocycles. The highest BCUT2D eigenvalue weighted by Gasteiger charge is 2.02. The lowest BCUT2D eigenvalue weighted by molar-refractivity contribution is -0.162. The molecule has 1 aromatic rings. The molecule has 0 aliphatic carbocycles. The molecule has 1 N–H and O–H groups in total. The molecule has 1 rings (SSSR count). The summed E-state index contributed by atoms with van der Waals surface area (Å²) in [6.45, 7) is 2.28. The number of carbonyl (C=O) groups excluding carboxylic acids is 1. The number of rotatable bonds is 6. The maximum absolute atomic E-state index is 10.7. The van der Waals surface area contributed by atoms with Gasteiger partial charge in [0.25, 0.3) is 0 Å². The van der Waals surface area contributed by atoms with Crippen LogP contribution in [0.4, 0.5) is 0 Å². The zero-order valence-electron chi connectivity index (χ0n) is 9.43. The van der Waals surface area contributed by atoms with Gasteiger partial charge in [-0.2, -0.15) is 0 Å². The van der Waals surface area contributed by atoms with E-state index in [0.717, 1.165) is 23.7 Å². The van der Waals surface area contributed by atoms with Crippen molar-refractivity contribution in [1.82, 2.24) is 5.06 Å². The zero-order chi connectivity index (χ0) is 11.8. The van der Waals surface area contributed by atoms with Crippen molar-refractivity contribution in [2.75, 3.05) is 13.2 Å². The van der Waals surface area contributed by atoms with E-state index in [-0.39, 0.29) is 5.91 Å². The molecule has 0 spiro atoms. The van der Waals surface area contributed by atoms with Crippen molar-refractivity contribution in [3.63, 3.8) is 0 Å². The fourth-order valence-corrected chi connectivity index (χ4v) is 1.23. The molecule has 0 aliphatic rings. The summed E-state index contributed by atoms with van der Waals surface area (Å²) in [5, 5.41) is 9.81. The molecule has 0 radical (unpaired) electrons. The van der Waals surface area contributed by atoms with E-state index in [1.54, 1.807) is 0 Å². The van der Waals surface area contributed by atoms with E-state index in [4.69, 9.17) is 9.94 Å². The molecule has 0 saturated carbocycles. The maximum Gasteiger partial charge on any atom is 0.242 e. The molecule has 0 fully saturated rings. The van der Waals surface area contributed by atoms with Gasteiger partial charge in [0.2, 0.25) is 5.91 Å². The Bertz CT molecular complexity index is 313. The molecule has 0 bridgehead atoms. The Hall–Kier alpha value is -1.55. The molecule has 16 heavy (non-hydrogen) atoms. The van der Waals surface area contributed by atoms with E-state index in [1.165, 1.54) is 6.92 Å². The molecule has 4 nitrogen and oxygen atoms in total. The standard InChI is InChI=1S/C12H17NO3/c1-11(14)13(15)9-5-6-10-16-12-7-3-2-4-8-12/h2-4,7-8,15H,5-6,9-10H2,1H3. The number of hydroxylamine groups is 2. The van der Waals surface area contributed by atoms with Crippen LogP contribution in [0.25, 0.3) is 0 Å². The summed E-state index contributed by atoms with van der Waals surface area (Å²) in [5.41, 5.74) is 0. The van der Waals surface area contributed by atoms with E-state index in [1.807, 2.05) is 30.3 Å². The minimum atomic E-state index is -0.330. The zero-order valence-corrected chi connectivity index (χ0v) is 9.43. The highest BCUT2D eigenvalue weighted by molar-refractivity contribution is 5.71. The van der Waals surface area contributed by atoms with Crippen LogP contribution in [-0.4, -0.2) is 29.3 Å². The Balaban J connectivity index is 2.07. The highest BCUT2D eigenvalue weighted by atomic mass is 16.5. The summed E-state index contributed by atoms with van der Waals surface area (Å²) < 4.78 is 5.46. The number of hydrogen-bond acceptors (Lipinski definition) is 3. The first-order valence-corrected chi connectivity index (χ1v) is 5.35. The number of nitrogens with zero attached hydrogens (tertiary/aromatic N) is 1. The van der Waals surface area contributed by atoms with Gasteiger partial charge in [0, 0.05) is 13.5 Å². The quantitative estimate of drug-likeness (QED) is 0.456. The Morgan fingerprint density at radius 2 is 2.00 bits per heavy atom. The molecule has 4 heteroatoms.